The summed E-state index contributed by atoms with van der Waals surface area (Å²) in [4.78, 5) is 15.7. The molecular weight excluding hydrogens is 344 g/mol. The maximum Gasteiger partial charge on any atom is 0.243 e. The van der Waals surface area contributed by atoms with Crippen LogP contribution in [-0.2, 0) is 14.8 Å². The van der Waals surface area contributed by atoms with Crippen molar-refractivity contribution >= 4 is 27.7 Å². The van der Waals surface area contributed by atoms with Gasteiger partial charge >= 0.3 is 0 Å². The second-order valence-electron chi connectivity index (χ2n) is 6.39. The third kappa shape index (κ3) is 3.63. The van der Waals surface area contributed by atoms with Crippen molar-refractivity contribution in [1.82, 2.24) is 9.21 Å². The Morgan fingerprint density at radius 2 is 1.62 bits per heavy atom. The van der Waals surface area contributed by atoms with E-state index in [-0.39, 0.29) is 11.8 Å². The molecule has 1 aliphatic heterocycles. The van der Waals surface area contributed by atoms with Crippen molar-refractivity contribution in [3.05, 3.63) is 24.3 Å². The lowest BCUT2D eigenvalue weighted by atomic mass is 10.1. The molecule has 0 bridgehead atoms. The van der Waals surface area contributed by atoms with Gasteiger partial charge in [0.05, 0.1) is 4.90 Å². The molecule has 0 N–H and O–H groups in total. The molecule has 1 amide bonds. The Morgan fingerprint density at radius 1 is 1.04 bits per heavy atom. The molecule has 1 aromatic rings. The second-order valence-corrected chi connectivity index (χ2v) is 9.20. The van der Waals surface area contributed by atoms with Gasteiger partial charge in [-0.3, -0.25) is 4.79 Å². The minimum atomic E-state index is -3.47. The van der Waals surface area contributed by atoms with Crippen LogP contribution in [0.3, 0.4) is 0 Å². The van der Waals surface area contributed by atoms with Gasteiger partial charge in [0.2, 0.25) is 15.9 Å². The number of thioether (sulfide) groups is 1. The van der Waals surface area contributed by atoms with Crippen LogP contribution in [0.1, 0.15) is 25.7 Å². The molecule has 1 heterocycles. The fourth-order valence-electron chi connectivity index (χ4n) is 3.48. The van der Waals surface area contributed by atoms with E-state index in [0.717, 1.165) is 30.6 Å². The summed E-state index contributed by atoms with van der Waals surface area (Å²) in [6, 6.07) is 6.99. The first-order valence-corrected chi connectivity index (χ1v) is 11.1. The molecule has 1 saturated heterocycles. The first-order valence-electron chi connectivity index (χ1n) is 8.45. The van der Waals surface area contributed by atoms with Gasteiger partial charge in [-0.25, -0.2) is 8.42 Å². The largest absolute Gasteiger partial charge is 0.340 e. The van der Waals surface area contributed by atoms with Crippen LogP contribution in [0.2, 0.25) is 0 Å². The second kappa shape index (κ2) is 7.45. The molecule has 24 heavy (non-hydrogen) atoms. The summed E-state index contributed by atoms with van der Waals surface area (Å²) < 4.78 is 27.0. The van der Waals surface area contributed by atoms with Gasteiger partial charge in [-0.2, -0.15) is 4.31 Å². The van der Waals surface area contributed by atoms with Gasteiger partial charge in [0, 0.05) is 37.0 Å². The highest BCUT2D eigenvalue weighted by molar-refractivity contribution is 7.98. The van der Waals surface area contributed by atoms with E-state index in [4.69, 9.17) is 0 Å². The predicted octanol–water partition coefficient (Wildman–Crippen LogP) is 2.43. The minimum Gasteiger partial charge on any atom is -0.340 e. The Labute approximate surface area is 148 Å². The van der Waals surface area contributed by atoms with Crippen LogP contribution in [0.15, 0.2) is 34.1 Å². The van der Waals surface area contributed by atoms with E-state index in [9.17, 15) is 13.2 Å². The maximum atomic E-state index is 12.7. The van der Waals surface area contributed by atoms with E-state index in [0.29, 0.717) is 31.1 Å². The van der Waals surface area contributed by atoms with Crippen molar-refractivity contribution in [2.75, 3.05) is 32.4 Å². The van der Waals surface area contributed by atoms with Crippen molar-refractivity contribution in [1.29, 1.82) is 0 Å². The molecule has 0 atom stereocenters. The topological polar surface area (TPSA) is 57.7 Å². The number of piperazine rings is 1. The standard InChI is InChI=1S/C17H24N2O3S2/c1-23-15-6-8-16(9-7-15)24(21,22)19-12-10-18(11-13-19)17(20)14-4-2-3-5-14/h6-9,14H,2-5,10-13H2,1H3. The number of carbonyl (C=O) groups is 1. The van der Waals surface area contributed by atoms with Gasteiger partial charge < -0.3 is 4.90 Å². The SMILES string of the molecule is CSc1ccc(S(=O)(=O)N2CCN(C(=O)C3CCCC3)CC2)cc1. The molecule has 3 rings (SSSR count). The zero-order valence-corrected chi connectivity index (χ0v) is 15.6. The lowest BCUT2D eigenvalue weighted by Gasteiger charge is -2.35. The molecule has 2 aliphatic rings. The summed E-state index contributed by atoms with van der Waals surface area (Å²) >= 11 is 1.59. The van der Waals surface area contributed by atoms with Crippen molar-refractivity contribution in [2.45, 2.75) is 35.5 Å². The van der Waals surface area contributed by atoms with E-state index < -0.39 is 10.0 Å². The third-order valence-electron chi connectivity index (χ3n) is 4.95. The Bertz CT molecular complexity index is 674. The van der Waals surface area contributed by atoms with Crippen LogP contribution in [0.5, 0.6) is 0 Å². The zero-order chi connectivity index (χ0) is 17.2. The van der Waals surface area contributed by atoms with Gasteiger partial charge in [-0.1, -0.05) is 12.8 Å². The first kappa shape index (κ1) is 17.8. The molecule has 1 aliphatic carbocycles. The Balaban J connectivity index is 1.63. The van der Waals surface area contributed by atoms with Crippen LogP contribution in [0, 0.1) is 5.92 Å². The highest BCUT2D eigenvalue weighted by Crippen LogP contribution is 2.27. The highest BCUT2D eigenvalue weighted by Gasteiger charge is 2.33. The van der Waals surface area contributed by atoms with Gasteiger partial charge in [-0.15, -0.1) is 11.8 Å². The fraction of sp³-hybridized carbons (Fsp3) is 0.588. The molecule has 0 unspecified atom stereocenters. The van der Waals surface area contributed by atoms with Crippen molar-refractivity contribution in [3.63, 3.8) is 0 Å². The number of benzene rings is 1. The number of hydrogen-bond acceptors (Lipinski definition) is 4. The molecule has 0 aromatic heterocycles. The molecule has 1 aromatic carbocycles. The average molecular weight is 369 g/mol. The smallest absolute Gasteiger partial charge is 0.243 e. The summed E-state index contributed by atoms with van der Waals surface area (Å²) in [5.41, 5.74) is 0. The van der Waals surface area contributed by atoms with E-state index in [1.54, 1.807) is 23.9 Å². The highest BCUT2D eigenvalue weighted by atomic mass is 32.2. The zero-order valence-electron chi connectivity index (χ0n) is 14.0. The number of rotatable bonds is 4. The molecule has 2 fully saturated rings. The van der Waals surface area contributed by atoms with E-state index >= 15 is 0 Å². The molecule has 0 radical (unpaired) electrons. The molecule has 1 saturated carbocycles. The van der Waals surface area contributed by atoms with E-state index in [1.165, 1.54) is 4.31 Å². The van der Waals surface area contributed by atoms with Crippen LogP contribution in [0.25, 0.3) is 0 Å². The summed E-state index contributed by atoms with van der Waals surface area (Å²) in [7, 11) is -3.47. The molecule has 132 valence electrons. The van der Waals surface area contributed by atoms with Gasteiger partial charge in [0.15, 0.2) is 0 Å². The quantitative estimate of drug-likeness (QED) is 0.766. The number of amides is 1. The van der Waals surface area contributed by atoms with Crippen molar-refractivity contribution in [2.24, 2.45) is 5.92 Å². The summed E-state index contributed by atoms with van der Waals surface area (Å²) in [6.45, 7) is 1.76. The van der Waals surface area contributed by atoms with Crippen molar-refractivity contribution < 1.29 is 13.2 Å². The van der Waals surface area contributed by atoms with Crippen LogP contribution in [-0.4, -0.2) is 56.0 Å². The number of sulfonamides is 1. The molecular formula is C17H24N2O3S2. The number of hydrogen-bond donors (Lipinski definition) is 0. The number of nitrogens with zero attached hydrogens (tertiary/aromatic N) is 2. The third-order valence-corrected chi connectivity index (χ3v) is 7.61. The molecule has 5 nitrogen and oxygen atoms in total. The fourth-order valence-corrected chi connectivity index (χ4v) is 5.31. The predicted molar refractivity (Wildman–Crippen MR) is 95.5 cm³/mol. The molecule has 0 spiro atoms. The first-order chi connectivity index (χ1) is 11.5. The summed E-state index contributed by atoms with van der Waals surface area (Å²) in [6.07, 6.45) is 6.20. The van der Waals surface area contributed by atoms with Gasteiger partial charge in [0.25, 0.3) is 0 Å². The normalized spacial score (nSPS) is 20.5. The summed E-state index contributed by atoms with van der Waals surface area (Å²) in [5, 5.41) is 0. The Hall–Kier alpha value is -1.05. The van der Waals surface area contributed by atoms with E-state index in [1.807, 2.05) is 23.3 Å². The van der Waals surface area contributed by atoms with Gasteiger partial charge in [-0.05, 0) is 43.4 Å². The molecule has 7 heteroatoms. The minimum absolute atomic E-state index is 0.159. The van der Waals surface area contributed by atoms with Gasteiger partial charge in [0.1, 0.15) is 0 Å². The van der Waals surface area contributed by atoms with Crippen LogP contribution in [0.4, 0.5) is 0 Å². The average Bonchev–Trinajstić information content (AvgIpc) is 3.16. The number of carbonyl (C=O) groups excluding carboxylic acids is 1. The Morgan fingerprint density at radius 3 is 2.17 bits per heavy atom. The lowest BCUT2D eigenvalue weighted by Crippen LogP contribution is -2.51. The summed E-state index contributed by atoms with van der Waals surface area (Å²) in [5.74, 6) is 0.376. The maximum absolute atomic E-state index is 12.7. The Kier molecular flexibility index (Phi) is 5.52. The monoisotopic (exact) mass is 368 g/mol. The van der Waals surface area contributed by atoms with Crippen molar-refractivity contribution in [3.8, 4) is 0 Å². The lowest BCUT2D eigenvalue weighted by molar-refractivity contribution is -0.136. The van der Waals surface area contributed by atoms with E-state index in [2.05, 4.69) is 0 Å². The van der Waals surface area contributed by atoms with Crippen LogP contribution < -0.4 is 0 Å². The van der Waals surface area contributed by atoms with Crippen LogP contribution >= 0.6 is 11.8 Å².